The van der Waals surface area contributed by atoms with Crippen molar-refractivity contribution in [2.45, 2.75) is 20.3 Å². The Balaban J connectivity index is 1.98. The van der Waals surface area contributed by atoms with E-state index in [1.165, 1.54) is 0 Å². The highest BCUT2D eigenvalue weighted by Gasteiger charge is 2.10. The average Bonchev–Trinajstić information content (AvgIpc) is 2.66. The molecule has 0 saturated carbocycles. The molecular formula is C20H23N3O3S. The lowest BCUT2D eigenvalue weighted by molar-refractivity contribution is 0.0951. The van der Waals surface area contributed by atoms with Crippen molar-refractivity contribution in [2.75, 3.05) is 18.5 Å². The number of nitrogens with one attached hydrogen (secondary N) is 3. The fourth-order valence-electron chi connectivity index (χ4n) is 2.31. The van der Waals surface area contributed by atoms with E-state index in [1.807, 2.05) is 13.8 Å². The standard InChI is InChI=1S/C20H23N3O3S/c1-3-11-21-18(24)14-7-5-9-16(12-14)22-20(27)23-19(25)15-8-6-10-17(13-15)26-4-2/h5-10,12-13H,3-4,11H2,1-2H3,(H,21,24)(H2,22,23,25,27). The van der Waals surface area contributed by atoms with Crippen molar-refractivity contribution in [3.05, 3.63) is 59.7 Å². The summed E-state index contributed by atoms with van der Waals surface area (Å²) < 4.78 is 5.39. The molecule has 7 heteroatoms. The number of hydrogen-bond acceptors (Lipinski definition) is 4. The zero-order chi connectivity index (χ0) is 19.6. The van der Waals surface area contributed by atoms with Crippen molar-refractivity contribution in [2.24, 2.45) is 0 Å². The fourth-order valence-corrected chi connectivity index (χ4v) is 2.52. The lowest BCUT2D eigenvalue weighted by Gasteiger charge is -2.11. The van der Waals surface area contributed by atoms with E-state index in [0.717, 1.165) is 6.42 Å². The molecule has 2 aromatic rings. The third-order valence-corrected chi connectivity index (χ3v) is 3.76. The zero-order valence-electron chi connectivity index (χ0n) is 15.4. The SMILES string of the molecule is CCCNC(=O)c1cccc(NC(=S)NC(=O)c2cccc(OCC)c2)c1. The van der Waals surface area contributed by atoms with E-state index in [1.54, 1.807) is 48.5 Å². The maximum Gasteiger partial charge on any atom is 0.257 e. The first kappa shape index (κ1) is 20.4. The highest BCUT2D eigenvalue weighted by Crippen LogP contribution is 2.14. The average molecular weight is 385 g/mol. The number of benzene rings is 2. The monoisotopic (exact) mass is 385 g/mol. The van der Waals surface area contributed by atoms with Gasteiger partial charge in [-0.3, -0.25) is 14.9 Å². The van der Waals surface area contributed by atoms with Gasteiger partial charge in [-0.15, -0.1) is 0 Å². The summed E-state index contributed by atoms with van der Waals surface area (Å²) in [5.74, 6) is 0.129. The molecule has 0 aliphatic heterocycles. The van der Waals surface area contributed by atoms with Gasteiger partial charge < -0.3 is 15.4 Å². The predicted octanol–water partition coefficient (Wildman–Crippen LogP) is 3.35. The molecule has 0 heterocycles. The minimum Gasteiger partial charge on any atom is -0.494 e. The second kappa shape index (κ2) is 10.3. The van der Waals surface area contributed by atoms with Crippen LogP contribution < -0.4 is 20.7 Å². The molecule has 0 saturated heterocycles. The van der Waals surface area contributed by atoms with Crippen LogP contribution in [0.3, 0.4) is 0 Å². The first-order chi connectivity index (χ1) is 13.0. The molecule has 0 aliphatic carbocycles. The molecule has 2 amide bonds. The van der Waals surface area contributed by atoms with E-state index in [-0.39, 0.29) is 16.9 Å². The molecule has 0 aliphatic rings. The fraction of sp³-hybridized carbons (Fsp3) is 0.250. The third kappa shape index (κ3) is 6.38. The van der Waals surface area contributed by atoms with E-state index < -0.39 is 0 Å². The second-order valence-electron chi connectivity index (χ2n) is 5.71. The minimum absolute atomic E-state index is 0.146. The van der Waals surface area contributed by atoms with E-state index in [2.05, 4.69) is 16.0 Å². The number of anilines is 1. The van der Waals surface area contributed by atoms with Gasteiger partial charge in [0.05, 0.1) is 6.61 Å². The highest BCUT2D eigenvalue weighted by molar-refractivity contribution is 7.80. The van der Waals surface area contributed by atoms with Gasteiger partial charge >= 0.3 is 0 Å². The summed E-state index contributed by atoms with van der Waals surface area (Å²) in [7, 11) is 0. The van der Waals surface area contributed by atoms with Crippen LogP contribution in [0.25, 0.3) is 0 Å². The van der Waals surface area contributed by atoms with Crippen molar-refractivity contribution in [3.63, 3.8) is 0 Å². The van der Waals surface area contributed by atoms with Crippen LogP contribution in [0.1, 0.15) is 41.0 Å². The summed E-state index contributed by atoms with van der Waals surface area (Å²) in [5.41, 5.74) is 1.58. The lowest BCUT2D eigenvalue weighted by Crippen LogP contribution is -2.34. The molecule has 0 radical (unpaired) electrons. The van der Waals surface area contributed by atoms with Gasteiger partial charge in [0.1, 0.15) is 5.75 Å². The van der Waals surface area contributed by atoms with Gasteiger partial charge in [0.15, 0.2) is 5.11 Å². The van der Waals surface area contributed by atoms with Crippen LogP contribution in [0.5, 0.6) is 5.75 Å². The summed E-state index contributed by atoms with van der Waals surface area (Å²) in [6, 6.07) is 13.8. The van der Waals surface area contributed by atoms with Crippen LogP contribution in [0, 0.1) is 0 Å². The Labute approximate surface area is 164 Å². The van der Waals surface area contributed by atoms with Gasteiger partial charge in [0.25, 0.3) is 11.8 Å². The maximum absolute atomic E-state index is 12.3. The maximum atomic E-state index is 12.3. The molecule has 0 aromatic heterocycles. The summed E-state index contributed by atoms with van der Waals surface area (Å²) in [4.78, 5) is 24.4. The van der Waals surface area contributed by atoms with Crippen molar-refractivity contribution in [3.8, 4) is 5.75 Å². The summed E-state index contributed by atoms with van der Waals surface area (Å²) >= 11 is 5.20. The minimum atomic E-state index is -0.342. The molecule has 142 valence electrons. The van der Waals surface area contributed by atoms with E-state index in [4.69, 9.17) is 17.0 Å². The summed E-state index contributed by atoms with van der Waals surface area (Å²) in [5, 5.41) is 8.51. The normalized spacial score (nSPS) is 10.0. The van der Waals surface area contributed by atoms with Crippen LogP contribution in [0.4, 0.5) is 5.69 Å². The van der Waals surface area contributed by atoms with Crippen LogP contribution in [0.15, 0.2) is 48.5 Å². The van der Waals surface area contributed by atoms with Crippen molar-refractivity contribution >= 4 is 34.8 Å². The van der Waals surface area contributed by atoms with Crippen molar-refractivity contribution in [1.29, 1.82) is 0 Å². The molecule has 27 heavy (non-hydrogen) atoms. The number of hydrogen-bond donors (Lipinski definition) is 3. The number of carbonyl (C=O) groups excluding carboxylic acids is 2. The first-order valence-corrected chi connectivity index (χ1v) is 9.17. The summed E-state index contributed by atoms with van der Waals surface area (Å²) in [6.45, 7) is 5.00. The molecule has 0 spiro atoms. The summed E-state index contributed by atoms with van der Waals surface area (Å²) in [6.07, 6.45) is 0.865. The van der Waals surface area contributed by atoms with Gasteiger partial charge in [-0.05, 0) is 62.0 Å². The quantitative estimate of drug-likeness (QED) is 0.637. The number of thiocarbonyl (C=S) groups is 1. The number of carbonyl (C=O) groups is 2. The molecule has 0 atom stereocenters. The Kier molecular flexibility index (Phi) is 7.76. The molecule has 0 unspecified atom stereocenters. The van der Waals surface area contributed by atoms with Crippen LogP contribution in [-0.2, 0) is 0 Å². The lowest BCUT2D eigenvalue weighted by atomic mass is 10.2. The Morgan fingerprint density at radius 1 is 1.00 bits per heavy atom. The molecule has 2 aromatic carbocycles. The molecule has 6 nitrogen and oxygen atoms in total. The van der Waals surface area contributed by atoms with Crippen LogP contribution in [0.2, 0.25) is 0 Å². The molecule has 2 rings (SSSR count). The zero-order valence-corrected chi connectivity index (χ0v) is 16.2. The second-order valence-corrected chi connectivity index (χ2v) is 6.11. The van der Waals surface area contributed by atoms with E-state index >= 15 is 0 Å². The Morgan fingerprint density at radius 2 is 1.70 bits per heavy atom. The van der Waals surface area contributed by atoms with E-state index in [0.29, 0.717) is 35.7 Å². The van der Waals surface area contributed by atoms with Gasteiger partial charge in [0.2, 0.25) is 0 Å². The Bertz CT molecular complexity index is 824. The molecule has 3 N–H and O–H groups in total. The van der Waals surface area contributed by atoms with Gasteiger partial charge in [-0.25, -0.2) is 0 Å². The van der Waals surface area contributed by atoms with Gasteiger partial charge in [-0.2, -0.15) is 0 Å². The van der Waals surface area contributed by atoms with Crippen molar-refractivity contribution < 1.29 is 14.3 Å². The largest absolute Gasteiger partial charge is 0.494 e. The topological polar surface area (TPSA) is 79.5 Å². The van der Waals surface area contributed by atoms with E-state index in [9.17, 15) is 9.59 Å². The van der Waals surface area contributed by atoms with Gasteiger partial charge in [0, 0.05) is 23.4 Å². The first-order valence-electron chi connectivity index (χ1n) is 8.77. The highest BCUT2D eigenvalue weighted by atomic mass is 32.1. The molecule has 0 bridgehead atoms. The van der Waals surface area contributed by atoms with Crippen LogP contribution in [-0.4, -0.2) is 30.1 Å². The number of amides is 2. The molecule has 0 fully saturated rings. The number of rotatable bonds is 7. The van der Waals surface area contributed by atoms with Gasteiger partial charge in [-0.1, -0.05) is 19.1 Å². The Morgan fingerprint density at radius 3 is 2.41 bits per heavy atom. The number of ether oxygens (including phenoxy) is 1. The molecular weight excluding hydrogens is 362 g/mol. The van der Waals surface area contributed by atoms with Crippen molar-refractivity contribution in [1.82, 2.24) is 10.6 Å². The Hall–Kier alpha value is -2.93. The predicted molar refractivity (Wildman–Crippen MR) is 110 cm³/mol. The smallest absolute Gasteiger partial charge is 0.257 e. The van der Waals surface area contributed by atoms with Crippen LogP contribution >= 0.6 is 12.2 Å². The third-order valence-electron chi connectivity index (χ3n) is 3.55.